The number of fused-ring (bicyclic) bond motifs is 1. The molecule has 0 aliphatic carbocycles. The Labute approximate surface area is 222 Å². The van der Waals surface area contributed by atoms with Crippen molar-refractivity contribution in [3.63, 3.8) is 0 Å². The van der Waals surface area contributed by atoms with Crippen LogP contribution in [0.2, 0.25) is 0 Å². The van der Waals surface area contributed by atoms with Gasteiger partial charge < -0.3 is 26.5 Å². The molecule has 198 valence electrons. The van der Waals surface area contributed by atoms with Crippen LogP contribution in [0.15, 0.2) is 72.8 Å². The molecule has 0 atom stereocenters. The van der Waals surface area contributed by atoms with Crippen LogP contribution in [-0.4, -0.2) is 45.4 Å². The van der Waals surface area contributed by atoms with Crippen molar-refractivity contribution in [3.05, 3.63) is 101 Å². The quantitative estimate of drug-likeness (QED) is 0.102. The number of hydrogen-bond acceptors (Lipinski definition) is 5. The zero-order chi connectivity index (χ0) is 27.5. The number of aromatic nitrogens is 2. The Morgan fingerprint density at radius 3 is 2.18 bits per heavy atom. The van der Waals surface area contributed by atoms with Gasteiger partial charge in [-0.15, -0.1) is 0 Å². The number of nitrogens with one attached hydrogen (secondary N) is 3. The molecule has 0 amide bonds. The van der Waals surface area contributed by atoms with Crippen molar-refractivity contribution in [2.45, 2.75) is 25.7 Å². The van der Waals surface area contributed by atoms with E-state index in [0.29, 0.717) is 17.5 Å². The molecule has 0 saturated heterocycles. The van der Waals surface area contributed by atoms with Gasteiger partial charge in [-0.2, -0.15) is 0 Å². The number of nitrogen functional groups attached to an aromatic ring is 1. The summed E-state index contributed by atoms with van der Waals surface area (Å²) in [6.07, 6.45) is 3.21. The highest BCUT2D eigenvalue weighted by Gasteiger charge is 2.11. The molecule has 0 fully saturated rings. The molecule has 0 bridgehead atoms. The van der Waals surface area contributed by atoms with E-state index in [0.717, 1.165) is 49.3 Å². The van der Waals surface area contributed by atoms with Gasteiger partial charge in [-0.3, -0.25) is 10.8 Å². The lowest BCUT2D eigenvalue weighted by Gasteiger charge is -2.04. The number of carboxylic acid groups (broad SMARTS) is 1. The van der Waals surface area contributed by atoms with Gasteiger partial charge in [-0.05, 0) is 48.7 Å². The van der Waals surface area contributed by atoms with E-state index in [1.54, 1.807) is 18.2 Å². The molecule has 1 aromatic heterocycles. The highest BCUT2D eigenvalue weighted by Crippen LogP contribution is 2.18. The Bertz CT molecular complexity index is 1380. The first kappa shape index (κ1) is 28.1. The average Bonchev–Trinajstić information content (AvgIpc) is 3.23. The predicted octanol–water partition coefficient (Wildman–Crippen LogP) is 3.49. The minimum absolute atomic E-state index is 0.0612. The van der Waals surface area contributed by atoms with Gasteiger partial charge in [-0.1, -0.05) is 54.6 Å². The van der Waals surface area contributed by atoms with Gasteiger partial charge in [0.1, 0.15) is 11.7 Å². The molecule has 1 heterocycles. The predicted molar refractivity (Wildman–Crippen MR) is 152 cm³/mol. The van der Waals surface area contributed by atoms with Gasteiger partial charge in [0.2, 0.25) is 0 Å². The van der Waals surface area contributed by atoms with E-state index >= 15 is 0 Å². The number of imidazole rings is 1. The first-order valence-electron chi connectivity index (χ1n) is 12.4. The number of rotatable bonds is 11. The third-order valence-electron chi connectivity index (χ3n) is 6.13. The van der Waals surface area contributed by atoms with E-state index in [-0.39, 0.29) is 17.2 Å². The van der Waals surface area contributed by atoms with Crippen molar-refractivity contribution in [1.29, 1.82) is 10.8 Å². The van der Waals surface area contributed by atoms with Crippen LogP contribution in [0.1, 0.15) is 39.3 Å². The number of hydrogen-bond donors (Lipinski definition) is 6. The van der Waals surface area contributed by atoms with Gasteiger partial charge in [0.15, 0.2) is 0 Å². The van der Waals surface area contributed by atoms with Gasteiger partial charge in [0.05, 0.1) is 22.4 Å². The standard InChI is InChI=1S/C18H18N4O2.C11H17N3/c1-22-15-8-7-13(18(23)24)10-14(15)21-16(22)9-4-11-2-5-12(6-3-11)17(19)20;12-11(13)7-9-14-8-6-10-4-2-1-3-5-10/h2-3,5-8,10H,4,9H2,1H3,(H3,19,20)(H,23,24);1-5,14H,6-9H2,(H3,12,13). The fourth-order valence-electron chi connectivity index (χ4n) is 3.94. The fourth-order valence-corrected chi connectivity index (χ4v) is 3.94. The van der Waals surface area contributed by atoms with Gasteiger partial charge >= 0.3 is 5.97 Å². The van der Waals surface area contributed by atoms with E-state index in [1.165, 1.54) is 5.56 Å². The second-order valence-corrected chi connectivity index (χ2v) is 8.97. The number of nitrogens with zero attached hydrogens (tertiary/aromatic N) is 2. The van der Waals surface area contributed by atoms with Gasteiger partial charge in [0, 0.05) is 32.0 Å². The molecular formula is C29H35N7O2. The molecule has 0 aliphatic heterocycles. The number of nitrogens with two attached hydrogens (primary N) is 2. The molecule has 38 heavy (non-hydrogen) atoms. The van der Waals surface area contributed by atoms with Crippen LogP contribution >= 0.6 is 0 Å². The molecule has 0 aliphatic rings. The minimum atomic E-state index is -0.949. The molecule has 0 radical (unpaired) electrons. The monoisotopic (exact) mass is 513 g/mol. The summed E-state index contributed by atoms with van der Waals surface area (Å²) in [4.78, 5) is 15.6. The van der Waals surface area contributed by atoms with E-state index in [2.05, 4.69) is 22.4 Å². The first-order valence-corrected chi connectivity index (χ1v) is 12.4. The summed E-state index contributed by atoms with van der Waals surface area (Å²) in [5.74, 6) is 0.265. The van der Waals surface area contributed by atoms with Crippen molar-refractivity contribution in [2.24, 2.45) is 18.5 Å². The van der Waals surface area contributed by atoms with E-state index in [9.17, 15) is 4.79 Å². The summed E-state index contributed by atoms with van der Waals surface area (Å²) in [7, 11) is 1.93. The Morgan fingerprint density at radius 1 is 0.895 bits per heavy atom. The molecule has 8 N–H and O–H groups in total. The molecule has 0 spiro atoms. The van der Waals surface area contributed by atoms with Crippen molar-refractivity contribution in [1.82, 2.24) is 14.9 Å². The lowest BCUT2D eigenvalue weighted by molar-refractivity contribution is 0.0697. The summed E-state index contributed by atoms with van der Waals surface area (Å²) >= 11 is 0. The fraction of sp³-hybridized carbons (Fsp3) is 0.241. The summed E-state index contributed by atoms with van der Waals surface area (Å²) in [5.41, 5.74) is 15.7. The molecule has 0 unspecified atom stereocenters. The summed E-state index contributed by atoms with van der Waals surface area (Å²) in [6, 6.07) is 22.9. The van der Waals surface area contributed by atoms with Gasteiger partial charge in [-0.25, -0.2) is 9.78 Å². The van der Waals surface area contributed by atoms with Crippen LogP contribution < -0.4 is 16.8 Å². The topological polar surface area (TPSA) is 167 Å². The van der Waals surface area contributed by atoms with E-state index < -0.39 is 5.97 Å². The van der Waals surface area contributed by atoms with E-state index in [4.69, 9.17) is 27.4 Å². The van der Waals surface area contributed by atoms with Crippen molar-refractivity contribution < 1.29 is 9.90 Å². The minimum Gasteiger partial charge on any atom is -0.478 e. The largest absolute Gasteiger partial charge is 0.478 e. The average molecular weight is 514 g/mol. The summed E-state index contributed by atoms with van der Waals surface area (Å²) < 4.78 is 1.99. The molecule has 9 nitrogen and oxygen atoms in total. The number of aryl methyl sites for hydroxylation is 3. The maximum atomic E-state index is 11.1. The van der Waals surface area contributed by atoms with Crippen molar-refractivity contribution in [3.8, 4) is 0 Å². The molecule has 4 rings (SSSR count). The lowest BCUT2D eigenvalue weighted by Crippen LogP contribution is -2.23. The van der Waals surface area contributed by atoms with Crippen LogP contribution in [0.3, 0.4) is 0 Å². The number of carbonyl (C=O) groups is 1. The lowest BCUT2D eigenvalue weighted by atomic mass is 10.1. The molecule has 0 saturated carbocycles. The molecule has 3 aromatic carbocycles. The second-order valence-electron chi connectivity index (χ2n) is 8.97. The Hall–Kier alpha value is -4.50. The van der Waals surface area contributed by atoms with Crippen LogP contribution in [0.4, 0.5) is 0 Å². The third-order valence-corrected chi connectivity index (χ3v) is 6.13. The zero-order valence-electron chi connectivity index (χ0n) is 21.6. The summed E-state index contributed by atoms with van der Waals surface area (Å²) in [6.45, 7) is 1.74. The molecule has 9 heteroatoms. The van der Waals surface area contributed by atoms with Crippen LogP contribution in [0, 0.1) is 10.8 Å². The van der Waals surface area contributed by atoms with Crippen molar-refractivity contribution in [2.75, 3.05) is 13.1 Å². The maximum Gasteiger partial charge on any atom is 0.335 e. The van der Waals surface area contributed by atoms with Crippen LogP contribution in [0.5, 0.6) is 0 Å². The smallest absolute Gasteiger partial charge is 0.335 e. The Kier molecular flexibility index (Phi) is 10.1. The Morgan fingerprint density at radius 2 is 1.55 bits per heavy atom. The van der Waals surface area contributed by atoms with Gasteiger partial charge in [0.25, 0.3) is 0 Å². The maximum absolute atomic E-state index is 11.1. The first-order chi connectivity index (χ1) is 18.2. The zero-order valence-corrected chi connectivity index (χ0v) is 21.6. The van der Waals surface area contributed by atoms with E-state index in [1.807, 2.05) is 54.1 Å². The second kappa shape index (κ2) is 13.7. The molecular weight excluding hydrogens is 478 g/mol. The number of benzene rings is 3. The SMILES string of the molecule is Cn1c(CCc2ccc(C(=N)N)cc2)nc2cc(C(=O)O)ccc21.N=C(N)CCNCCc1ccccc1. The Balaban J connectivity index is 0.000000244. The normalized spacial score (nSPS) is 10.6. The van der Waals surface area contributed by atoms with Crippen LogP contribution in [-0.2, 0) is 26.3 Å². The van der Waals surface area contributed by atoms with Crippen molar-refractivity contribution >= 4 is 28.7 Å². The number of aromatic carboxylic acids is 1. The summed E-state index contributed by atoms with van der Waals surface area (Å²) in [5, 5.41) is 26.8. The highest BCUT2D eigenvalue weighted by atomic mass is 16.4. The number of amidine groups is 2. The van der Waals surface area contributed by atoms with Crippen LogP contribution in [0.25, 0.3) is 11.0 Å². The highest BCUT2D eigenvalue weighted by molar-refractivity contribution is 5.95. The number of carboxylic acids is 1. The molecule has 4 aromatic rings. The third kappa shape index (κ3) is 8.28.